The molecule has 22 heavy (non-hydrogen) atoms. The zero-order chi connectivity index (χ0) is 15.9. The number of rotatable bonds is 7. The van der Waals surface area contributed by atoms with Crippen LogP contribution < -0.4 is 5.32 Å². The Bertz CT molecular complexity index is 637. The van der Waals surface area contributed by atoms with E-state index in [1.165, 1.54) is 6.20 Å². The SMILES string of the molecule is CCCCC(NC(=O)c1cn[nH]c1-c1ccccc1)C(=O)O. The van der Waals surface area contributed by atoms with Crippen molar-refractivity contribution in [2.45, 2.75) is 32.2 Å². The second-order valence-electron chi connectivity index (χ2n) is 5.03. The van der Waals surface area contributed by atoms with E-state index in [9.17, 15) is 14.7 Å². The number of nitrogens with zero attached hydrogens (tertiary/aromatic N) is 1. The molecule has 0 aliphatic rings. The van der Waals surface area contributed by atoms with E-state index in [1.54, 1.807) is 0 Å². The van der Waals surface area contributed by atoms with E-state index in [-0.39, 0.29) is 0 Å². The fourth-order valence-electron chi connectivity index (χ4n) is 2.18. The summed E-state index contributed by atoms with van der Waals surface area (Å²) in [5, 5.41) is 18.5. The van der Waals surface area contributed by atoms with Crippen molar-refractivity contribution in [3.63, 3.8) is 0 Å². The number of benzene rings is 1. The van der Waals surface area contributed by atoms with Crippen molar-refractivity contribution in [3.8, 4) is 11.3 Å². The molecule has 6 heteroatoms. The van der Waals surface area contributed by atoms with E-state index in [0.29, 0.717) is 17.7 Å². The highest BCUT2D eigenvalue weighted by Gasteiger charge is 2.22. The Kier molecular flexibility index (Phi) is 5.30. The number of H-pyrrole nitrogens is 1. The number of amides is 1. The standard InChI is InChI=1S/C16H19N3O3/c1-2-3-9-13(16(21)22)18-15(20)12-10-17-19-14(12)11-7-5-4-6-8-11/h4-8,10,13H,2-3,9H2,1H3,(H,17,19)(H,18,20)(H,21,22). The molecule has 0 saturated carbocycles. The molecule has 0 fully saturated rings. The quantitative estimate of drug-likeness (QED) is 0.732. The molecule has 2 rings (SSSR count). The number of nitrogens with one attached hydrogen (secondary N) is 2. The Balaban J connectivity index is 2.16. The molecule has 1 atom stereocenters. The second kappa shape index (κ2) is 7.40. The Morgan fingerprint density at radius 2 is 2.05 bits per heavy atom. The number of aliphatic carboxylic acids is 1. The highest BCUT2D eigenvalue weighted by Crippen LogP contribution is 2.20. The van der Waals surface area contributed by atoms with E-state index in [1.807, 2.05) is 37.3 Å². The van der Waals surface area contributed by atoms with Crippen LogP contribution in [0, 0.1) is 0 Å². The van der Waals surface area contributed by atoms with Crippen LogP contribution in [0.3, 0.4) is 0 Å². The molecule has 2 aromatic rings. The summed E-state index contributed by atoms with van der Waals surface area (Å²) in [6, 6.07) is 8.43. The summed E-state index contributed by atoms with van der Waals surface area (Å²) in [6.07, 6.45) is 3.45. The molecule has 0 saturated heterocycles. The van der Waals surface area contributed by atoms with Crippen LogP contribution in [0.2, 0.25) is 0 Å². The van der Waals surface area contributed by atoms with Gasteiger partial charge in [0.1, 0.15) is 6.04 Å². The molecular formula is C16H19N3O3. The minimum Gasteiger partial charge on any atom is -0.480 e. The van der Waals surface area contributed by atoms with E-state index < -0.39 is 17.9 Å². The monoisotopic (exact) mass is 301 g/mol. The molecule has 0 radical (unpaired) electrons. The number of hydrogen-bond acceptors (Lipinski definition) is 3. The van der Waals surface area contributed by atoms with Crippen molar-refractivity contribution in [2.24, 2.45) is 0 Å². The Hall–Kier alpha value is -2.63. The van der Waals surface area contributed by atoms with Crippen LogP contribution in [0.1, 0.15) is 36.5 Å². The zero-order valence-corrected chi connectivity index (χ0v) is 12.4. The fraction of sp³-hybridized carbons (Fsp3) is 0.312. The van der Waals surface area contributed by atoms with Gasteiger partial charge in [0.25, 0.3) is 5.91 Å². The average Bonchev–Trinajstić information content (AvgIpc) is 3.01. The highest BCUT2D eigenvalue weighted by molar-refractivity contribution is 6.01. The topological polar surface area (TPSA) is 95.1 Å². The zero-order valence-electron chi connectivity index (χ0n) is 12.4. The predicted molar refractivity (Wildman–Crippen MR) is 82.4 cm³/mol. The summed E-state index contributed by atoms with van der Waals surface area (Å²) in [5.41, 5.74) is 1.75. The van der Waals surface area contributed by atoms with Crippen molar-refractivity contribution in [1.29, 1.82) is 0 Å². The van der Waals surface area contributed by atoms with Gasteiger partial charge in [0.05, 0.1) is 17.5 Å². The Morgan fingerprint density at radius 1 is 1.32 bits per heavy atom. The summed E-state index contributed by atoms with van der Waals surface area (Å²) in [7, 11) is 0. The first-order chi connectivity index (χ1) is 10.6. The number of unbranched alkanes of at least 4 members (excludes halogenated alkanes) is 1. The molecule has 1 aromatic heterocycles. The molecule has 1 aromatic carbocycles. The van der Waals surface area contributed by atoms with E-state index in [4.69, 9.17) is 0 Å². The maximum absolute atomic E-state index is 12.3. The number of carbonyl (C=O) groups excluding carboxylic acids is 1. The highest BCUT2D eigenvalue weighted by atomic mass is 16.4. The van der Waals surface area contributed by atoms with Gasteiger partial charge in [-0.25, -0.2) is 4.79 Å². The Labute approximate surface area is 128 Å². The van der Waals surface area contributed by atoms with Crippen molar-refractivity contribution in [3.05, 3.63) is 42.1 Å². The third-order valence-corrected chi connectivity index (χ3v) is 3.40. The lowest BCUT2D eigenvalue weighted by molar-refractivity contribution is -0.139. The van der Waals surface area contributed by atoms with Gasteiger partial charge in [-0.15, -0.1) is 0 Å². The molecule has 1 unspecified atom stereocenters. The van der Waals surface area contributed by atoms with Gasteiger partial charge in [-0.2, -0.15) is 5.10 Å². The molecule has 0 aliphatic carbocycles. The van der Waals surface area contributed by atoms with Crippen molar-refractivity contribution >= 4 is 11.9 Å². The predicted octanol–water partition coefficient (Wildman–Crippen LogP) is 2.45. The third kappa shape index (κ3) is 3.72. The summed E-state index contributed by atoms with van der Waals surface area (Å²) in [5.74, 6) is -1.46. The minimum absolute atomic E-state index is 0.342. The van der Waals surface area contributed by atoms with Gasteiger partial charge in [0.2, 0.25) is 0 Å². The molecular weight excluding hydrogens is 282 g/mol. The summed E-state index contributed by atoms with van der Waals surface area (Å²) < 4.78 is 0. The van der Waals surface area contributed by atoms with Crippen LogP contribution in [-0.2, 0) is 4.79 Å². The lowest BCUT2D eigenvalue weighted by Gasteiger charge is -2.14. The van der Waals surface area contributed by atoms with E-state index >= 15 is 0 Å². The van der Waals surface area contributed by atoms with Gasteiger partial charge in [-0.05, 0) is 6.42 Å². The summed E-state index contributed by atoms with van der Waals surface area (Å²) >= 11 is 0. The van der Waals surface area contributed by atoms with Gasteiger partial charge in [0.15, 0.2) is 0 Å². The first-order valence-electron chi connectivity index (χ1n) is 7.26. The van der Waals surface area contributed by atoms with Crippen LogP contribution in [0.5, 0.6) is 0 Å². The maximum atomic E-state index is 12.3. The first kappa shape index (κ1) is 15.8. The van der Waals surface area contributed by atoms with Gasteiger partial charge in [0, 0.05) is 5.56 Å². The number of carbonyl (C=O) groups is 2. The molecule has 116 valence electrons. The lowest BCUT2D eigenvalue weighted by atomic mass is 10.1. The summed E-state index contributed by atoms with van der Waals surface area (Å²) in [6.45, 7) is 1.98. The molecule has 1 amide bonds. The normalized spacial score (nSPS) is 11.9. The number of aromatic nitrogens is 2. The minimum atomic E-state index is -1.02. The van der Waals surface area contributed by atoms with Gasteiger partial charge in [-0.3, -0.25) is 9.89 Å². The lowest BCUT2D eigenvalue weighted by Crippen LogP contribution is -2.40. The molecule has 3 N–H and O–H groups in total. The van der Waals surface area contributed by atoms with Gasteiger partial charge in [-0.1, -0.05) is 50.1 Å². The molecule has 6 nitrogen and oxygen atoms in total. The Morgan fingerprint density at radius 3 is 2.68 bits per heavy atom. The van der Waals surface area contributed by atoms with E-state index in [2.05, 4.69) is 15.5 Å². The van der Waals surface area contributed by atoms with E-state index in [0.717, 1.165) is 18.4 Å². The molecule has 0 bridgehead atoms. The number of carboxylic acid groups (broad SMARTS) is 1. The van der Waals surface area contributed by atoms with Crippen LogP contribution in [0.25, 0.3) is 11.3 Å². The van der Waals surface area contributed by atoms with Crippen molar-refractivity contribution in [1.82, 2.24) is 15.5 Å². The fourth-order valence-corrected chi connectivity index (χ4v) is 2.18. The number of carboxylic acids is 1. The van der Waals surface area contributed by atoms with Crippen molar-refractivity contribution in [2.75, 3.05) is 0 Å². The number of hydrogen-bond donors (Lipinski definition) is 3. The largest absolute Gasteiger partial charge is 0.480 e. The van der Waals surface area contributed by atoms with Crippen LogP contribution in [0.4, 0.5) is 0 Å². The van der Waals surface area contributed by atoms with Crippen LogP contribution in [0.15, 0.2) is 36.5 Å². The van der Waals surface area contributed by atoms with Crippen molar-refractivity contribution < 1.29 is 14.7 Å². The molecule has 0 spiro atoms. The molecule has 1 heterocycles. The van der Waals surface area contributed by atoms with Crippen LogP contribution in [-0.4, -0.2) is 33.2 Å². The maximum Gasteiger partial charge on any atom is 0.326 e. The first-order valence-corrected chi connectivity index (χ1v) is 7.26. The third-order valence-electron chi connectivity index (χ3n) is 3.40. The average molecular weight is 301 g/mol. The van der Waals surface area contributed by atoms with Crippen LogP contribution >= 0.6 is 0 Å². The van der Waals surface area contributed by atoms with Gasteiger partial charge < -0.3 is 10.4 Å². The second-order valence-corrected chi connectivity index (χ2v) is 5.03. The smallest absolute Gasteiger partial charge is 0.326 e. The van der Waals surface area contributed by atoms with Gasteiger partial charge >= 0.3 is 5.97 Å². The number of aromatic amines is 1. The molecule has 0 aliphatic heterocycles. The summed E-state index contributed by atoms with van der Waals surface area (Å²) in [4.78, 5) is 23.6.